The molecule has 5 nitrogen and oxygen atoms in total. The van der Waals surface area contributed by atoms with E-state index in [9.17, 15) is 9.90 Å². The quantitative estimate of drug-likeness (QED) is 0.812. The molecule has 0 radical (unpaired) electrons. The third kappa shape index (κ3) is 4.68. The Hall–Kier alpha value is -2.14. The van der Waals surface area contributed by atoms with Crippen LogP contribution in [0.5, 0.6) is 0 Å². The maximum Gasteiger partial charge on any atom is 0.407 e. The number of rotatable bonds is 5. The molecule has 0 aromatic carbocycles. The predicted molar refractivity (Wildman–Crippen MR) is 94.1 cm³/mol. The summed E-state index contributed by atoms with van der Waals surface area (Å²) in [6.45, 7) is 6.36. The van der Waals surface area contributed by atoms with Gasteiger partial charge >= 0.3 is 6.09 Å². The normalized spacial score (nSPS) is 12.7. The van der Waals surface area contributed by atoms with Crippen molar-refractivity contribution in [2.45, 2.75) is 33.2 Å². The van der Waals surface area contributed by atoms with Crippen molar-refractivity contribution in [3.05, 3.63) is 59.1 Å². The maximum atomic E-state index is 11.9. The van der Waals surface area contributed by atoms with Crippen molar-refractivity contribution < 1.29 is 9.90 Å². The molecule has 24 heavy (non-hydrogen) atoms. The number of nitrogens with zero attached hydrogens (tertiary/aromatic N) is 3. The maximum absolute atomic E-state index is 11.9. The van der Waals surface area contributed by atoms with Gasteiger partial charge in [0.2, 0.25) is 0 Å². The average molecular weight is 348 g/mol. The van der Waals surface area contributed by atoms with Crippen molar-refractivity contribution in [3.63, 3.8) is 0 Å². The second-order valence-electron chi connectivity index (χ2n) is 6.70. The first-order valence-corrected chi connectivity index (χ1v) is 8.19. The molecule has 2 aromatic heterocycles. The lowest BCUT2D eigenvalue weighted by atomic mass is 9.83. The minimum absolute atomic E-state index is 0.297. The fraction of sp³-hybridized carbons (Fsp3) is 0.389. The highest BCUT2D eigenvalue weighted by Gasteiger charge is 2.35. The molecule has 0 aliphatic heterocycles. The Kier molecular flexibility index (Phi) is 5.78. The topological polar surface area (TPSA) is 66.3 Å². The van der Waals surface area contributed by atoms with Gasteiger partial charge in [0.25, 0.3) is 0 Å². The first-order valence-electron chi connectivity index (χ1n) is 7.81. The molecule has 2 aromatic rings. The van der Waals surface area contributed by atoms with Crippen LogP contribution < -0.4 is 0 Å². The smallest absolute Gasteiger partial charge is 0.407 e. The molecule has 0 saturated heterocycles. The summed E-state index contributed by atoms with van der Waals surface area (Å²) in [4.78, 5) is 21.9. The van der Waals surface area contributed by atoms with Gasteiger partial charge in [-0.2, -0.15) is 0 Å². The molecule has 2 heterocycles. The molecule has 1 amide bonds. The van der Waals surface area contributed by atoms with Crippen molar-refractivity contribution in [1.29, 1.82) is 0 Å². The Morgan fingerprint density at radius 1 is 1.25 bits per heavy atom. The van der Waals surface area contributed by atoms with Gasteiger partial charge in [0.15, 0.2) is 0 Å². The van der Waals surface area contributed by atoms with Crippen LogP contribution in [0.2, 0.25) is 5.15 Å². The molecule has 1 atom stereocenters. The van der Waals surface area contributed by atoms with E-state index in [1.165, 1.54) is 4.90 Å². The minimum atomic E-state index is -0.970. The Balaban J connectivity index is 2.27. The third-order valence-electron chi connectivity index (χ3n) is 3.73. The molecule has 0 aliphatic rings. The molecular weight excluding hydrogens is 326 g/mol. The van der Waals surface area contributed by atoms with Crippen LogP contribution in [-0.2, 0) is 6.42 Å². The summed E-state index contributed by atoms with van der Waals surface area (Å²) in [6, 6.07) is 10.6. The summed E-state index contributed by atoms with van der Waals surface area (Å²) in [5, 5.41) is 10.2. The number of hydrogen-bond donors (Lipinski definition) is 1. The SMILES string of the molecule is CC(C)(C)C(c1ccccn1)N(CCc1cccc(Cl)n1)C(=O)O. The highest BCUT2D eigenvalue weighted by molar-refractivity contribution is 6.29. The van der Waals surface area contributed by atoms with Crippen molar-refractivity contribution in [2.24, 2.45) is 5.41 Å². The van der Waals surface area contributed by atoms with Crippen LogP contribution in [0.3, 0.4) is 0 Å². The van der Waals surface area contributed by atoms with Gasteiger partial charge in [-0.1, -0.05) is 44.5 Å². The van der Waals surface area contributed by atoms with E-state index in [1.54, 1.807) is 12.3 Å². The molecule has 0 aliphatic carbocycles. The molecule has 0 bridgehead atoms. The van der Waals surface area contributed by atoms with Gasteiger partial charge in [-0.25, -0.2) is 9.78 Å². The van der Waals surface area contributed by atoms with Gasteiger partial charge in [0.05, 0.1) is 11.7 Å². The number of halogens is 1. The molecular formula is C18H22ClN3O2. The largest absolute Gasteiger partial charge is 0.465 e. The molecule has 6 heteroatoms. The van der Waals surface area contributed by atoms with E-state index in [1.807, 2.05) is 51.1 Å². The van der Waals surface area contributed by atoms with Crippen LogP contribution in [0, 0.1) is 5.41 Å². The van der Waals surface area contributed by atoms with E-state index in [4.69, 9.17) is 11.6 Å². The first-order chi connectivity index (χ1) is 11.3. The van der Waals surface area contributed by atoms with Crippen LogP contribution in [0.25, 0.3) is 0 Å². The number of pyridine rings is 2. The molecule has 0 spiro atoms. The number of amides is 1. The summed E-state index contributed by atoms with van der Waals surface area (Å²) < 4.78 is 0. The molecule has 1 unspecified atom stereocenters. The predicted octanol–water partition coefficient (Wildman–Crippen LogP) is 4.44. The molecule has 1 N–H and O–H groups in total. The zero-order valence-electron chi connectivity index (χ0n) is 14.1. The second kappa shape index (κ2) is 7.62. The molecule has 0 fully saturated rings. The highest BCUT2D eigenvalue weighted by atomic mass is 35.5. The minimum Gasteiger partial charge on any atom is -0.465 e. The number of carboxylic acid groups (broad SMARTS) is 1. The van der Waals surface area contributed by atoms with Gasteiger partial charge in [-0.3, -0.25) is 9.88 Å². The van der Waals surface area contributed by atoms with Crippen molar-refractivity contribution >= 4 is 17.7 Å². The summed E-state index contributed by atoms with van der Waals surface area (Å²) in [5.74, 6) is 0. The van der Waals surface area contributed by atoms with Gasteiger partial charge in [0.1, 0.15) is 5.15 Å². The molecule has 128 valence electrons. The van der Waals surface area contributed by atoms with E-state index in [0.717, 1.165) is 11.4 Å². The standard InChI is InChI=1S/C18H22ClN3O2/c1-18(2,3)16(14-8-4-5-11-20-14)22(17(23)24)12-10-13-7-6-9-15(19)21-13/h4-9,11,16H,10,12H2,1-3H3,(H,23,24). The number of carbonyl (C=O) groups is 1. The van der Waals surface area contributed by atoms with Gasteiger partial charge in [-0.05, 0) is 29.7 Å². The molecule has 0 saturated carbocycles. The van der Waals surface area contributed by atoms with E-state index in [0.29, 0.717) is 18.1 Å². The van der Waals surface area contributed by atoms with Gasteiger partial charge < -0.3 is 5.11 Å². The van der Waals surface area contributed by atoms with Crippen LogP contribution >= 0.6 is 11.6 Å². The van der Waals surface area contributed by atoms with Crippen molar-refractivity contribution in [1.82, 2.24) is 14.9 Å². The fourth-order valence-corrected chi connectivity index (χ4v) is 2.95. The van der Waals surface area contributed by atoms with E-state index >= 15 is 0 Å². The summed E-state index contributed by atoms with van der Waals surface area (Å²) in [6.07, 6.45) is 1.21. The highest BCUT2D eigenvalue weighted by Crippen LogP contribution is 2.37. The van der Waals surface area contributed by atoms with Gasteiger partial charge in [-0.15, -0.1) is 0 Å². The zero-order valence-corrected chi connectivity index (χ0v) is 14.9. The average Bonchev–Trinajstić information content (AvgIpc) is 2.50. The lowest BCUT2D eigenvalue weighted by Crippen LogP contribution is -2.42. The van der Waals surface area contributed by atoms with E-state index in [-0.39, 0.29) is 11.5 Å². The van der Waals surface area contributed by atoms with E-state index in [2.05, 4.69) is 9.97 Å². The first kappa shape index (κ1) is 18.2. The zero-order chi connectivity index (χ0) is 17.7. The fourth-order valence-electron chi connectivity index (χ4n) is 2.77. The van der Waals surface area contributed by atoms with Crippen molar-refractivity contribution in [2.75, 3.05) is 6.54 Å². The Bertz CT molecular complexity index is 686. The monoisotopic (exact) mass is 347 g/mol. The Morgan fingerprint density at radius 2 is 2.00 bits per heavy atom. The van der Waals surface area contributed by atoms with Crippen LogP contribution in [-0.4, -0.2) is 32.6 Å². The van der Waals surface area contributed by atoms with E-state index < -0.39 is 6.09 Å². The summed E-state index contributed by atoms with van der Waals surface area (Å²) in [7, 11) is 0. The summed E-state index contributed by atoms with van der Waals surface area (Å²) in [5.41, 5.74) is 1.21. The summed E-state index contributed by atoms with van der Waals surface area (Å²) >= 11 is 5.90. The van der Waals surface area contributed by atoms with Crippen LogP contribution in [0.15, 0.2) is 42.6 Å². The van der Waals surface area contributed by atoms with Crippen LogP contribution in [0.4, 0.5) is 4.79 Å². The third-order valence-corrected chi connectivity index (χ3v) is 3.94. The van der Waals surface area contributed by atoms with Crippen LogP contribution in [0.1, 0.15) is 38.2 Å². The van der Waals surface area contributed by atoms with Gasteiger partial charge in [0, 0.05) is 24.9 Å². The Morgan fingerprint density at radius 3 is 2.54 bits per heavy atom. The second-order valence-corrected chi connectivity index (χ2v) is 7.09. The lowest BCUT2D eigenvalue weighted by molar-refractivity contribution is 0.0802. The number of hydrogen-bond acceptors (Lipinski definition) is 3. The van der Waals surface area contributed by atoms with Crippen molar-refractivity contribution in [3.8, 4) is 0 Å². The molecule has 2 rings (SSSR count). The Labute approximate surface area is 147 Å². The lowest BCUT2D eigenvalue weighted by Gasteiger charge is -2.38. The number of aromatic nitrogens is 2.